The van der Waals surface area contributed by atoms with E-state index in [4.69, 9.17) is 24.3 Å². The van der Waals surface area contributed by atoms with Gasteiger partial charge in [0.05, 0.1) is 13.2 Å². The first-order chi connectivity index (χ1) is 30.3. The lowest BCUT2D eigenvalue weighted by Gasteiger charge is -2.19. The topological polar surface area (TPSA) is 134 Å². The number of carbonyl (C=O) groups is 2. The lowest BCUT2D eigenvalue weighted by atomic mass is 10.0. The highest BCUT2D eigenvalue weighted by Gasteiger charge is 2.26. The molecule has 0 saturated heterocycles. The van der Waals surface area contributed by atoms with Crippen LogP contribution in [0.5, 0.6) is 0 Å². The van der Waals surface area contributed by atoms with E-state index < -0.39 is 26.5 Å². The number of esters is 2. The van der Waals surface area contributed by atoms with Crippen molar-refractivity contribution in [2.75, 3.05) is 26.4 Å². The Labute approximate surface area is 382 Å². The molecule has 0 aromatic rings. The summed E-state index contributed by atoms with van der Waals surface area (Å²) in [5.74, 6) is -0.826. The Kier molecular flexibility index (Phi) is 47.7. The standard InChI is InChI=1S/C52H100NO8P/c1-3-5-7-9-11-12-13-14-15-16-17-18-19-20-21-22-23-24-25-26-27-28-29-30-31-32-33-34-35-36-37-38-39-41-43-45-52(55)61-50(49-60-62(56,57)59-47-46-53)48-58-51(54)44-42-40-10-8-6-4-2/h13-14,16-17,50H,3-12,15,18-49,53H2,1-2H3,(H,56,57)/b14-13-,17-16-. The second-order valence-electron chi connectivity index (χ2n) is 17.8. The van der Waals surface area contributed by atoms with Crippen LogP contribution in [0.4, 0.5) is 0 Å². The van der Waals surface area contributed by atoms with Gasteiger partial charge in [0.25, 0.3) is 0 Å². The van der Waals surface area contributed by atoms with Crippen LogP contribution in [0.1, 0.15) is 264 Å². The molecule has 2 unspecified atom stereocenters. The van der Waals surface area contributed by atoms with Gasteiger partial charge < -0.3 is 20.1 Å². The number of unbranched alkanes of at least 4 members (excludes halogenated alkanes) is 33. The first kappa shape index (κ1) is 60.5. The monoisotopic (exact) mass is 898 g/mol. The highest BCUT2D eigenvalue weighted by molar-refractivity contribution is 7.47. The predicted octanol–water partition coefficient (Wildman–Crippen LogP) is 15.9. The van der Waals surface area contributed by atoms with Gasteiger partial charge in [0.1, 0.15) is 6.61 Å². The highest BCUT2D eigenvalue weighted by atomic mass is 31.2. The van der Waals surface area contributed by atoms with Crippen molar-refractivity contribution in [2.24, 2.45) is 5.73 Å². The van der Waals surface area contributed by atoms with Crippen molar-refractivity contribution >= 4 is 19.8 Å². The van der Waals surface area contributed by atoms with Crippen LogP contribution in [-0.2, 0) is 32.7 Å². The summed E-state index contributed by atoms with van der Waals surface area (Å²) in [6, 6.07) is 0. The zero-order chi connectivity index (χ0) is 45.3. The summed E-state index contributed by atoms with van der Waals surface area (Å²) in [5.41, 5.74) is 5.34. The third-order valence-corrected chi connectivity index (χ3v) is 12.6. The van der Waals surface area contributed by atoms with Crippen LogP contribution in [0.3, 0.4) is 0 Å². The number of nitrogens with two attached hydrogens (primary N) is 1. The van der Waals surface area contributed by atoms with Gasteiger partial charge in [0.15, 0.2) is 6.10 Å². The average molecular weight is 898 g/mol. The van der Waals surface area contributed by atoms with Crippen LogP contribution < -0.4 is 5.73 Å². The van der Waals surface area contributed by atoms with E-state index in [9.17, 15) is 19.0 Å². The molecule has 0 aliphatic carbocycles. The molecule has 0 spiro atoms. The third kappa shape index (κ3) is 48.0. The first-order valence-electron chi connectivity index (χ1n) is 26.3. The molecule has 0 radical (unpaired) electrons. The zero-order valence-electron chi connectivity index (χ0n) is 40.6. The van der Waals surface area contributed by atoms with E-state index in [1.807, 2.05) is 0 Å². The molecule has 0 amide bonds. The molecule has 9 nitrogen and oxygen atoms in total. The Morgan fingerprint density at radius 3 is 1.23 bits per heavy atom. The number of hydrogen-bond donors (Lipinski definition) is 2. The lowest BCUT2D eigenvalue weighted by molar-refractivity contribution is -0.161. The number of allylic oxidation sites excluding steroid dienone is 4. The fraction of sp³-hybridized carbons (Fsp3) is 0.885. The van der Waals surface area contributed by atoms with Gasteiger partial charge in [-0.2, -0.15) is 0 Å². The Balaban J connectivity index is 3.68. The number of ether oxygens (including phenoxy) is 2. The Morgan fingerprint density at radius 1 is 0.484 bits per heavy atom. The van der Waals surface area contributed by atoms with E-state index >= 15 is 0 Å². The number of phosphoric acid groups is 1. The third-order valence-electron chi connectivity index (χ3n) is 11.6. The van der Waals surface area contributed by atoms with Gasteiger partial charge in [-0.25, -0.2) is 4.57 Å². The summed E-state index contributed by atoms with van der Waals surface area (Å²) in [5, 5.41) is 0. The Morgan fingerprint density at radius 2 is 0.839 bits per heavy atom. The summed E-state index contributed by atoms with van der Waals surface area (Å²) in [6.07, 6.45) is 55.8. The normalized spacial score (nSPS) is 13.3. The fourth-order valence-corrected chi connectivity index (χ4v) is 8.43. The van der Waals surface area contributed by atoms with Crippen LogP contribution >= 0.6 is 7.82 Å². The van der Waals surface area contributed by atoms with Gasteiger partial charge >= 0.3 is 19.8 Å². The van der Waals surface area contributed by atoms with Gasteiger partial charge in [-0.05, 0) is 44.9 Å². The molecule has 0 heterocycles. The SMILES string of the molecule is CCCCCCC/C=C\C/C=C\CCCCCCCCCCCCCCCCCCCCCCCCCC(=O)OC(COC(=O)CCCCCCCC)COP(=O)(O)OCCN. The average Bonchev–Trinajstić information content (AvgIpc) is 3.26. The molecule has 0 aromatic heterocycles. The van der Waals surface area contributed by atoms with Gasteiger partial charge in [-0.1, -0.05) is 231 Å². The van der Waals surface area contributed by atoms with Crippen LogP contribution in [0.15, 0.2) is 24.3 Å². The van der Waals surface area contributed by atoms with Crippen molar-refractivity contribution in [2.45, 2.75) is 270 Å². The van der Waals surface area contributed by atoms with E-state index in [1.165, 1.54) is 186 Å². The van der Waals surface area contributed by atoms with E-state index in [-0.39, 0.29) is 38.6 Å². The molecule has 0 bridgehead atoms. The largest absolute Gasteiger partial charge is 0.472 e. The second-order valence-corrected chi connectivity index (χ2v) is 19.2. The van der Waals surface area contributed by atoms with Crippen molar-refractivity contribution in [1.29, 1.82) is 0 Å². The van der Waals surface area contributed by atoms with Crippen molar-refractivity contribution in [3.63, 3.8) is 0 Å². The van der Waals surface area contributed by atoms with E-state index in [1.54, 1.807) is 0 Å². The molecular formula is C52H100NO8P. The maximum atomic E-state index is 12.6. The second kappa shape index (κ2) is 48.9. The zero-order valence-corrected chi connectivity index (χ0v) is 41.5. The lowest BCUT2D eigenvalue weighted by Crippen LogP contribution is -2.29. The molecular weight excluding hydrogens is 798 g/mol. The molecule has 0 aromatic carbocycles. The summed E-state index contributed by atoms with van der Waals surface area (Å²) in [4.78, 5) is 34.7. The maximum absolute atomic E-state index is 12.6. The molecule has 2 atom stereocenters. The summed E-state index contributed by atoms with van der Waals surface area (Å²) in [6.45, 7) is 3.68. The van der Waals surface area contributed by atoms with Gasteiger partial charge in [0.2, 0.25) is 0 Å². The Hall–Kier alpha value is -1.51. The number of hydrogen-bond acceptors (Lipinski definition) is 8. The van der Waals surface area contributed by atoms with E-state index in [2.05, 4.69) is 38.2 Å². The van der Waals surface area contributed by atoms with Crippen LogP contribution in [0, 0.1) is 0 Å². The van der Waals surface area contributed by atoms with Gasteiger partial charge in [0, 0.05) is 19.4 Å². The van der Waals surface area contributed by atoms with E-state index in [0.29, 0.717) is 6.42 Å². The molecule has 0 saturated carbocycles. The first-order valence-corrected chi connectivity index (χ1v) is 27.8. The van der Waals surface area contributed by atoms with Crippen molar-refractivity contribution in [3.05, 3.63) is 24.3 Å². The molecule has 10 heteroatoms. The molecule has 62 heavy (non-hydrogen) atoms. The number of rotatable bonds is 50. The highest BCUT2D eigenvalue weighted by Crippen LogP contribution is 2.43. The number of phosphoric ester groups is 1. The van der Waals surface area contributed by atoms with Crippen molar-refractivity contribution in [1.82, 2.24) is 0 Å². The summed E-state index contributed by atoms with van der Waals surface area (Å²) in [7, 11) is -4.37. The quantitative estimate of drug-likeness (QED) is 0.0265. The minimum atomic E-state index is -4.37. The molecule has 366 valence electrons. The Bertz CT molecular complexity index is 1070. The predicted molar refractivity (Wildman–Crippen MR) is 261 cm³/mol. The van der Waals surface area contributed by atoms with Crippen molar-refractivity contribution in [3.8, 4) is 0 Å². The van der Waals surface area contributed by atoms with Crippen LogP contribution in [0.2, 0.25) is 0 Å². The maximum Gasteiger partial charge on any atom is 0.472 e. The molecule has 0 aliphatic rings. The van der Waals surface area contributed by atoms with Gasteiger partial charge in [-0.15, -0.1) is 0 Å². The molecule has 0 aliphatic heterocycles. The summed E-state index contributed by atoms with van der Waals surface area (Å²) >= 11 is 0. The number of carbonyl (C=O) groups excluding carboxylic acids is 2. The fourth-order valence-electron chi connectivity index (χ4n) is 7.67. The molecule has 3 N–H and O–H groups in total. The summed E-state index contributed by atoms with van der Waals surface area (Å²) < 4.78 is 32.7. The van der Waals surface area contributed by atoms with Crippen LogP contribution in [-0.4, -0.2) is 49.3 Å². The molecule has 0 rings (SSSR count). The smallest absolute Gasteiger partial charge is 0.462 e. The minimum absolute atomic E-state index is 0.0562. The van der Waals surface area contributed by atoms with Gasteiger partial charge in [-0.3, -0.25) is 18.6 Å². The minimum Gasteiger partial charge on any atom is -0.462 e. The van der Waals surface area contributed by atoms with E-state index in [0.717, 1.165) is 44.9 Å². The van der Waals surface area contributed by atoms with Crippen molar-refractivity contribution < 1.29 is 37.6 Å². The van der Waals surface area contributed by atoms with Crippen LogP contribution in [0.25, 0.3) is 0 Å². The molecule has 0 fully saturated rings.